The number of aryl methyl sites for hydroxylation is 1. The van der Waals surface area contributed by atoms with E-state index in [4.69, 9.17) is 5.73 Å². The number of anilines is 1. The van der Waals surface area contributed by atoms with Crippen molar-refractivity contribution in [1.29, 1.82) is 0 Å². The summed E-state index contributed by atoms with van der Waals surface area (Å²) in [5, 5.41) is 14.1. The predicted molar refractivity (Wildman–Crippen MR) is 41.1 cm³/mol. The average molecular weight is 191 g/mol. The zero-order chi connectivity index (χ0) is 9.30. The Morgan fingerprint density at radius 2 is 2.15 bits per heavy atom. The first-order valence-electron chi connectivity index (χ1n) is 3.51. The van der Waals surface area contributed by atoms with Crippen LogP contribution in [0.3, 0.4) is 0 Å². The van der Waals surface area contributed by atoms with E-state index in [9.17, 15) is 9.90 Å². The van der Waals surface area contributed by atoms with E-state index in [-0.39, 0.29) is 36.1 Å². The second-order valence-corrected chi connectivity index (χ2v) is 2.61. The van der Waals surface area contributed by atoms with Gasteiger partial charge in [0.25, 0.3) is 0 Å². The summed E-state index contributed by atoms with van der Waals surface area (Å²) in [5.74, 6) is -1.17. The molecule has 66 valence electrons. The van der Waals surface area contributed by atoms with Gasteiger partial charge in [-0.25, -0.2) is 0 Å². The second kappa shape index (κ2) is 4.64. The summed E-state index contributed by atoms with van der Waals surface area (Å²) >= 11 is 0. The van der Waals surface area contributed by atoms with Gasteiger partial charge in [-0.05, 0) is 13.8 Å². The Bertz CT molecular complexity index is 322. The third kappa shape index (κ3) is 2.72. The van der Waals surface area contributed by atoms with E-state index in [1.54, 1.807) is 13.8 Å². The van der Waals surface area contributed by atoms with Crippen LogP contribution in [0, 0.1) is 13.8 Å². The summed E-state index contributed by atoms with van der Waals surface area (Å²) < 4.78 is 1.32. The molecule has 0 fully saturated rings. The van der Waals surface area contributed by atoms with E-state index < -0.39 is 5.97 Å². The number of carboxylic acids is 1. The number of nitrogen functional groups attached to an aromatic ring is 1. The molecule has 0 aliphatic carbocycles. The van der Waals surface area contributed by atoms with Crippen LogP contribution in [0.15, 0.2) is 0 Å². The number of aromatic nitrogens is 2. The maximum atomic E-state index is 10.2. The number of rotatable bonds is 2. The number of carboxylic acid groups (broad SMARTS) is 1. The van der Waals surface area contributed by atoms with E-state index in [0.29, 0.717) is 17.1 Å². The maximum absolute atomic E-state index is 10.2. The molecule has 1 aromatic rings. The van der Waals surface area contributed by atoms with Crippen LogP contribution in [0.1, 0.15) is 11.4 Å². The summed E-state index contributed by atoms with van der Waals surface area (Å²) in [6.45, 7) is 3.20. The molecule has 2 N–H and O–H groups in total. The summed E-state index contributed by atoms with van der Waals surface area (Å²) in [6, 6.07) is 0. The summed E-state index contributed by atoms with van der Waals surface area (Å²) in [7, 11) is 0. The van der Waals surface area contributed by atoms with E-state index in [2.05, 4.69) is 5.10 Å². The monoisotopic (exact) mass is 191 g/mol. The predicted octanol–water partition coefficient (Wildman–Crippen LogP) is -4.16. The molecule has 0 bridgehead atoms. The Kier molecular flexibility index (Phi) is 4.46. The molecule has 0 saturated carbocycles. The summed E-state index contributed by atoms with van der Waals surface area (Å²) in [4.78, 5) is 10.2. The molecule has 0 amide bonds. The number of hydrogen-bond acceptors (Lipinski definition) is 4. The van der Waals surface area contributed by atoms with Gasteiger partial charge in [-0.15, -0.1) is 0 Å². The second-order valence-electron chi connectivity index (χ2n) is 2.61. The van der Waals surface area contributed by atoms with Crippen molar-refractivity contribution in [2.75, 3.05) is 5.73 Å². The molecule has 0 atom stereocenters. The van der Waals surface area contributed by atoms with Crippen LogP contribution in [-0.2, 0) is 11.3 Å². The minimum absolute atomic E-state index is 0. The number of nitrogens with zero attached hydrogens (tertiary/aromatic N) is 2. The van der Waals surface area contributed by atoms with Gasteiger partial charge in [-0.2, -0.15) is 5.10 Å². The average Bonchev–Trinajstić information content (AvgIpc) is 2.17. The number of aliphatic carboxylic acids is 1. The Morgan fingerprint density at radius 1 is 1.62 bits per heavy atom. The molecule has 1 aromatic heterocycles. The van der Waals surface area contributed by atoms with Crippen molar-refractivity contribution < 1.29 is 39.5 Å². The Hall–Kier alpha value is -0.520. The quantitative estimate of drug-likeness (QED) is 0.481. The minimum Gasteiger partial charge on any atom is -0.548 e. The van der Waals surface area contributed by atoms with Crippen LogP contribution in [-0.4, -0.2) is 15.7 Å². The molecule has 5 nitrogen and oxygen atoms in total. The standard InChI is InChI=1S/C7H11N3O2.Na/c1-4-7(8)5(2)10(9-4)3-6(11)12;/h3,8H2,1-2H3,(H,11,12);/q;+1/p-1. The van der Waals surface area contributed by atoms with Gasteiger partial charge in [-0.1, -0.05) is 0 Å². The van der Waals surface area contributed by atoms with Crippen LogP contribution in [0.2, 0.25) is 0 Å². The molecule has 1 heterocycles. The fourth-order valence-electron chi connectivity index (χ4n) is 0.987. The topological polar surface area (TPSA) is 84.0 Å². The first kappa shape index (κ1) is 12.5. The largest absolute Gasteiger partial charge is 1.00 e. The van der Waals surface area contributed by atoms with Crippen molar-refractivity contribution >= 4 is 11.7 Å². The van der Waals surface area contributed by atoms with Crippen LogP contribution in [0.5, 0.6) is 0 Å². The summed E-state index contributed by atoms with van der Waals surface area (Å²) in [6.07, 6.45) is 0. The van der Waals surface area contributed by atoms with E-state index in [1.165, 1.54) is 4.68 Å². The normalized spacial score (nSPS) is 9.38. The molecule has 0 aliphatic rings. The maximum Gasteiger partial charge on any atom is 1.00 e. The third-order valence-electron chi connectivity index (χ3n) is 1.72. The van der Waals surface area contributed by atoms with Crippen LogP contribution >= 0.6 is 0 Å². The van der Waals surface area contributed by atoms with Crippen molar-refractivity contribution in [3.05, 3.63) is 11.4 Å². The van der Waals surface area contributed by atoms with E-state index in [0.717, 1.165) is 0 Å². The molecule has 0 saturated heterocycles. The molecule has 0 aliphatic heterocycles. The van der Waals surface area contributed by atoms with Gasteiger partial charge in [-0.3, -0.25) is 4.68 Å². The fourth-order valence-corrected chi connectivity index (χ4v) is 0.987. The molecule has 0 aromatic carbocycles. The van der Waals surface area contributed by atoms with E-state index in [1.807, 2.05) is 0 Å². The SMILES string of the molecule is Cc1nn(CC(=O)[O-])c(C)c1N.[Na+]. The van der Waals surface area contributed by atoms with Crippen molar-refractivity contribution in [2.24, 2.45) is 0 Å². The van der Waals surface area contributed by atoms with Gasteiger partial charge >= 0.3 is 29.6 Å². The molecule has 13 heavy (non-hydrogen) atoms. The zero-order valence-corrected chi connectivity index (χ0v) is 10.00. The van der Waals surface area contributed by atoms with Crippen molar-refractivity contribution in [3.63, 3.8) is 0 Å². The number of carbonyl (C=O) groups is 1. The van der Waals surface area contributed by atoms with Crippen molar-refractivity contribution in [2.45, 2.75) is 20.4 Å². The van der Waals surface area contributed by atoms with Crippen molar-refractivity contribution in [1.82, 2.24) is 9.78 Å². The molecular formula is C7H10N3NaO2. The van der Waals surface area contributed by atoms with Gasteiger partial charge in [0.15, 0.2) is 0 Å². The molecule has 6 heteroatoms. The number of nitrogens with two attached hydrogens (primary N) is 1. The fraction of sp³-hybridized carbons (Fsp3) is 0.429. The number of carbonyl (C=O) groups excluding carboxylic acids is 1. The molecule has 0 radical (unpaired) electrons. The first-order valence-corrected chi connectivity index (χ1v) is 3.51. The zero-order valence-electron chi connectivity index (χ0n) is 8.00. The van der Waals surface area contributed by atoms with Crippen LogP contribution in [0.25, 0.3) is 0 Å². The molecule has 0 unspecified atom stereocenters. The molecule has 0 spiro atoms. The van der Waals surface area contributed by atoms with Gasteiger partial charge in [0.05, 0.1) is 29.6 Å². The Morgan fingerprint density at radius 3 is 2.46 bits per heavy atom. The van der Waals surface area contributed by atoms with Crippen LogP contribution in [0.4, 0.5) is 5.69 Å². The van der Waals surface area contributed by atoms with Gasteiger partial charge in [0.2, 0.25) is 0 Å². The molecule has 1 rings (SSSR count). The number of hydrogen-bond donors (Lipinski definition) is 1. The van der Waals surface area contributed by atoms with Gasteiger partial charge < -0.3 is 15.6 Å². The third-order valence-corrected chi connectivity index (χ3v) is 1.72. The van der Waals surface area contributed by atoms with Gasteiger partial charge in [0.1, 0.15) is 0 Å². The summed E-state index contributed by atoms with van der Waals surface area (Å²) in [5.41, 5.74) is 7.43. The van der Waals surface area contributed by atoms with Crippen molar-refractivity contribution in [3.8, 4) is 0 Å². The molecular weight excluding hydrogens is 181 g/mol. The van der Waals surface area contributed by atoms with Gasteiger partial charge in [0, 0.05) is 0 Å². The Labute approximate surface area is 98.2 Å². The first-order chi connectivity index (χ1) is 5.52. The Balaban J connectivity index is 0.00000144. The minimum atomic E-state index is -1.17. The smallest absolute Gasteiger partial charge is 0.548 e. The van der Waals surface area contributed by atoms with Crippen LogP contribution < -0.4 is 40.4 Å². The van der Waals surface area contributed by atoms with E-state index >= 15 is 0 Å².